The van der Waals surface area contributed by atoms with E-state index < -0.39 is 18.7 Å². The topological polar surface area (TPSA) is 64.3 Å². The molecular weight excluding hydrogens is 237 g/mol. The highest BCUT2D eigenvalue weighted by atomic mass is 19.4. The van der Waals surface area contributed by atoms with Crippen molar-refractivity contribution in [2.45, 2.75) is 12.8 Å². The number of rotatable bonds is 4. The van der Waals surface area contributed by atoms with Crippen LogP contribution in [0.2, 0.25) is 0 Å². The molecule has 4 nitrogen and oxygen atoms in total. The lowest BCUT2D eigenvalue weighted by atomic mass is 10.1. The number of hydrogen-bond acceptors (Lipinski definition) is 3. The zero-order valence-electron chi connectivity index (χ0n) is 8.75. The summed E-state index contributed by atoms with van der Waals surface area (Å²) in [6.07, 6.45) is -4.38. The van der Waals surface area contributed by atoms with Gasteiger partial charge in [-0.05, 0) is 11.6 Å². The first kappa shape index (κ1) is 13.5. The smallest absolute Gasteiger partial charge is 0.367 e. The molecule has 3 N–H and O–H groups in total. The number of alkyl halides is 3. The van der Waals surface area contributed by atoms with Gasteiger partial charge in [0.15, 0.2) is 0 Å². The summed E-state index contributed by atoms with van der Waals surface area (Å²) in [5.41, 5.74) is 2.45. The number of amides is 1. The van der Waals surface area contributed by atoms with E-state index in [2.05, 4.69) is 4.74 Å². The first-order valence-electron chi connectivity index (χ1n) is 4.67. The van der Waals surface area contributed by atoms with Gasteiger partial charge in [0.25, 0.3) is 5.91 Å². The van der Waals surface area contributed by atoms with Gasteiger partial charge < -0.3 is 4.74 Å². The average molecular weight is 248 g/mol. The van der Waals surface area contributed by atoms with E-state index in [1.165, 1.54) is 12.1 Å². The quantitative estimate of drug-likeness (QED) is 0.480. The molecule has 0 radical (unpaired) electrons. The number of halogens is 3. The number of carbonyl (C=O) groups excluding carboxylic acids is 1. The van der Waals surface area contributed by atoms with Crippen molar-refractivity contribution in [1.82, 2.24) is 5.43 Å². The first-order chi connectivity index (χ1) is 7.94. The Hall–Kier alpha value is -1.60. The summed E-state index contributed by atoms with van der Waals surface area (Å²) in [7, 11) is 0. The number of carbonyl (C=O) groups is 1. The maximum atomic E-state index is 11.9. The molecular formula is C10H11F3N2O2. The SMILES string of the molecule is NNC(=O)c1ccccc1COCC(F)(F)F. The Kier molecular flexibility index (Phi) is 4.47. The molecule has 1 aromatic rings. The molecule has 1 amide bonds. The van der Waals surface area contributed by atoms with Crippen LogP contribution in [0.5, 0.6) is 0 Å². The van der Waals surface area contributed by atoms with E-state index in [-0.39, 0.29) is 12.2 Å². The Morgan fingerprint density at radius 1 is 1.35 bits per heavy atom. The van der Waals surface area contributed by atoms with E-state index in [1.54, 1.807) is 12.1 Å². The summed E-state index contributed by atoms with van der Waals surface area (Å²) in [6.45, 7) is -1.66. The van der Waals surface area contributed by atoms with Crippen LogP contribution in [0.3, 0.4) is 0 Å². The maximum absolute atomic E-state index is 11.9. The van der Waals surface area contributed by atoms with Gasteiger partial charge in [0.1, 0.15) is 6.61 Å². The molecule has 1 rings (SSSR count). The van der Waals surface area contributed by atoms with Crippen molar-refractivity contribution in [1.29, 1.82) is 0 Å². The van der Waals surface area contributed by atoms with E-state index in [4.69, 9.17) is 5.84 Å². The standard InChI is InChI=1S/C10H11F3N2O2/c11-10(12,13)6-17-5-7-3-1-2-4-8(7)9(16)15-14/h1-4H,5-6,14H2,(H,15,16). The van der Waals surface area contributed by atoms with Gasteiger partial charge in [-0.25, -0.2) is 5.84 Å². The Balaban J connectivity index is 2.68. The van der Waals surface area contributed by atoms with Crippen LogP contribution in [0.4, 0.5) is 13.2 Å². The van der Waals surface area contributed by atoms with E-state index >= 15 is 0 Å². The molecule has 17 heavy (non-hydrogen) atoms. The van der Waals surface area contributed by atoms with Crippen molar-refractivity contribution in [2.24, 2.45) is 5.84 Å². The Morgan fingerprint density at radius 2 is 2.00 bits per heavy atom. The third kappa shape index (κ3) is 4.41. The normalized spacial score (nSPS) is 11.3. The summed E-state index contributed by atoms with van der Waals surface area (Å²) in [5.74, 6) is 4.38. The number of nitrogen functional groups attached to an aromatic ring is 1. The molecule has 1 aromatic carbocycles. The molecule has 0 spiro atoms. The zero-order valence-corrected chi connectivity index (χ0v) is 8.75. The number of nitrogens with two attached hydrogens (primary N) is 1. The van der Waals surface area contributed by atoms with Crippen molar-refractivity contribution < 1.29 is 22.7 Å². The van der Waals surface area contributed by atoms with Gasteiger partial charge >= 0.3 is 6.18 Å². The van der Waals surface area contributed by atoms with Gasteiger partial charge in [-0.3, -0.25) is 10.2 Å². The van der Waals surface area contributed by atoms with Crippen LogP contribution in [-0.4, -0.2) is 18.7 Å². The summed E-state index contributed by atoms with van der Waals surface area (Å²) < 4.78 is 40.1. The van der Waals surface area contributed by atoms with Crippen molar-refractivity contribution in [3.63, 3.8) is 0 Å². The van der Waals surface area contributed by atoms with Crippen LogP contribution in [0, 0.1) is 0 Å². The molecule has 0 fully saturated rings. The molecule has 0 aromatic heterocycles. The van der Waals surface area contributed by atoms with Gasteiger partial charge in [-0.1, -0.05) is 18.2 Å². The van der Waals surface area contributed by atoms with E-state index in [1.807, 2.05) is 5.43 Å². The van der Waals surface area contributed by atoms with E-state index in [0.717, 1.165) is 0 Å². The number of ether oxygens (including phenoxy) is 1. The first-order valence-corrected chi connectivity index (χ1v) is 4.67. The molecule has 0 unspecified atom stereocenters. The third-order valence-corrected chi connectivity index (χ3v) is 1.92. The predicted octanol–water partition coefficient (Wildman–Crippen LogP) is 1.37. The van der Waals surface area contributed by atoms with Gasteiger partial charge in [-0.2, -0.15) is 13.2 Å². The molecule has 94 valence electrons. The zero-order chi connectivity index (χ0) is 12.9. The Morgan fingerprint density at radius 3 is 2.59 bits per heavy atom. The van der Waals surface area contributed by atoms with Gasteiger partial charge in [0.2, 0.25) is 0 Å². The molecule has 7 heteroatoms. The monoisotopic (exact) mass is 248 g/mol. The summed E-state index contributed by atoms with van der Waals surface area (Å²) >= 11 is 0. The predicted molar refractivity (Wildman–Crippen MR) is 53.8 cm³/mol. The third-order valence-electron chi connectivity index (χ3n) is 1.92. The minimum Gasteiger partial charge on any atom is -0.367 e. The van der Waals surface area contributed by atoms with Crippen molar-refractivity contribution in [3.05, 3.63) is 35.4 Å². The van der Waals surface area contributed by atoms with Crippen molar-refractivity contribution >= 4 is 5.91 Å². The van der Waals surface area contributed by atoms with Gasteiger partial charge in [-0.15, -0.1) is 0 Å². The maximum Gasteiger partial charge on any atom is 0.411 e. The fourth-order valence-corrected chi connectivity index (χ4v) is 1.22. The second-order valence-corrected chi connectivity index (χ2v) is 3.24. The van der Waals surface area contributed by atoms with Crippen LogP contribution in [0.15, 0.2) is 24.3 Å². The number of benzene rings is 1. The minimum atomic E-state index is -4.38. The molecule has 0 bridgehead atoms. The molecule has 0 heterocycles. The summed E-state index contributed by atoms with van der Waals surface area (Å²) in [4.78, 5) is 11.3. The second kappa shape index (κ2) is 5.65. The molecule has 0 aliphatic rings. The lowest BCUT2D eigenvalue weighted by Gasteiger charge is -2.10. The number of hydrogen-bond donors (Lipinski definition) is 2. The summed E-state index contributed by atoms with van der Waals surface area (Å²) in [5, 5.41) is 0. The largest absolute Gasteiger partial charge is 0.411 e. The second-order valence-electron chi connectivity index (χ2n) is 3.24. The molecule has 0 saturated heterocycles. The highest BCUT2D eigenvalue weighted by Crippen LogP contribution is 2.16. The summed E-state index contributed by atoms with van der Waals surface area (Å²) in [6, 6.07) is 6.13. The van der Waals surface area contributed by atoms with Gasteiger partial charge in [0.05, 0.1) is 6.61 Å². The molecule has 0 saturated carbocycles. The van der Waals surface area contributed by atoms with Crippen LogP contribution >= 0.6 is 0 Å². The highest BCUT2D eigenvalue weighted by molar-refractivity contribution is 5.95. The molecule has 0 aliphatic heterocycles. The Labute approximate surface area is 95.5 Å². The van der Waals surface area contributed by atoms with Crippen LogP contribution in [0.25, 0.3) is 0 Å². The molecule has 0 atom stereocenters. The van der Waals surface area contributed by atoms with Crippen molar-refractivity contribution in [3.8, 4) is 0 Å². The fraction of sp³-hybridized carbons (Fsp3) is 0.300. The van der Waals surface area contributed by atoms with Gasteiger partial charge in [0, 0.05) is 5.56 Å². The average Bonchev–Trinajstić information content (AvgIpc) is 2.27. The molecule has 0 aliphatic carbocycles. The lowest BCUT2D eigenvalue weighted by molar-refractivity contribution is -0.176. The number of hydrazine groups is 1. The number of nitrogens with one attached hydrogen (secondary N) is 1. The van der Waals surface area contributed by atoms with Crippen LogP contribution in [-0.2, 0) is 11.3 Å². The van der Waals surface area contributed by atoms with E-state index in [9.17, 15) is 18.0 Å². The fourth-order valence-electron chi connectivity index (χ4n) is 1.22. The van der Waals surface area contributed by atoms with Crippen molar-refractivity contribution in [2.75, 3.05) is 6.61 Å². The highest BCUT2D eigenvalue weighted by Gasteiger charge is 2.27. The lowest BCUT2D eigenvalue weighted by Crippen LogP contribution is -2.31. The van der Waals surface area contributed by atoms with E-state index in [0.29, 0.717) is 5.56 Å². The minimum absolute atomic E-state index is 0.192. The Bertz CT molecular complexity index is 393. The van der Waals surface area contributed by atoms with Crippen LogP contribution < -0.4 is 11.3 Å². The van der Waals surface area contributed by atoms with Crippen LogP contribution in [0.1, 0.15) is 15.9 Å².